The normalized spacial score (nSPS) is 19.7. The van der Waals surface area contributed by atoms with Crippen LogP contribution in [0.3, 0.4) is 0 Å². The molecular weight excluding hydrogens is 290 g/mol. The van der Waals surface area contributed by atoms with Crippen LogP contribution in [0.1, 0.15) is 57.1 Å². The van der Waals surface area contributed by atoms with E-state index in [1.807, 2.05) is 4.90 Å². The second-order valence-electron chi connectivity index (χ2n) is 6.63. The van der Waals surface area contributed by atoms with Crippen molar-refractivity contribution >= 4 is 5.91 Å². The maximum absolute atomic E-state index is 12.9. The van der Waals surface area contributed by atoms with Crippen LogP contribution >= 0.6 is 0 Å². The third-order valence-electron chi connectivity index (χ3n) is 4.83. The van der Waals surface area contributed by atoms with Gasteiger partial charge >= 0.3 is 0 Å². The minimum absolute atomic E-state index is 0.106. The van der Waals surface area contributed by atoms with Crippen LogP contribution in [0.15, 0.2) is 12.1 Å². The Morgan fingerprint density at radius 3 is 2.52 bits per heavy atom. The largest absolute Gasteiger partial charge is 0.454 e. The molecule has 2 aliphatic rings. The van der Waals surface area contributed by atoms with E-state index in [1.54, 1.807) is 0 Å². The molecule has 0 spiro atoms. The highest BCUT2D eigenvalue weighted by Gasteiger charge is 2.30. The summed E-state index contributed by atoms with van der Waals surface area (Å²) in [5.41, 5.74) is 2.47. The highest BCUT2D eigenvalue weighted by Crippen LogP contribution is 2.38. The molecule has 0 fully saturated rings. The summed E-state index contributed by atoms with van der Waals surface area (Å²) in [5, 5.41) is 0. The van der Waals surface area contributed by atoms with Gasteiger partial charge < -0.3 is 14.4 Å². The average Bonchev–Trinajstić information content (AvgIpc) is 2.95. The maximum atomic E-state index is 12.9. The van der Waals surface area contributed by atoms with Crippen LogP contribution in [0.4, 0.5) is 0 Å². The Kier molecular flexibility index (Phi) is 5.09. The molecule has 4 heteroatoms. The van der Waals surface area contributed by atoms with Crippen LogP contribution in [0.5, 0.6) is 11.5 Å². The van der Waals surface area contributed by atoms with Gasteiger partial charge in [0, 0.05) is 19.0 Å². The Hall–Kier alpha value is -1.71. The predicted molar refractivity (Wildman–Crippen MR) is 89.6 cm³/mol. The van der Waals surface area contributed by atoms with Crippen molar-refractivity contribution in [2.45, 2.75) is 58.9 Å². The van der Waals surface area contributed by atoms with Crippen LogP contribution in [0.2, 0.25) is 0 Å². The van der Waals surface area contributed by atoms with E-state index < -0.39 is 0 Å². The number of ether oxygens (including phenoxy) is 2. The van der Waals surface area contributed by atoms with Crippen molar-refractivity contribution in [3.05, 3.63) is 23.3 Å². The topological polar surface area (TPSA) is 38.8 Å². The minimum Gasteiger partial charge on any atom is -0.454 e. The minimum atomic E-state index is 0.106. The summed E-state index contributed by atoms with van der Waals surface area (Å²) in [6, 6.07) is 4.16. The molecule has 2 aliphatic heterocycles. The molecule has 1 unspecified atom stereocenters. The summed E-state index contributed by atoms with van der Waals surface area (Å²) >= 11 is 0. The lowest BCUT2D eigenvalue weighted by Gasteiger charge is -2.24. The molecule has 0 saturated heterocycles. The number of hydrogen-bond donors (Lipinski definition) is 0. The van der Waals surface area contributed by atoms with Crippen LogP contribution in [-0.4, -0.2) is 24.1 Å². The quantitative estimate of drug-likeness (QED) is 0.747. The smallest absolute Gasteiger partial charge is 0.231 e. The molecule has 4 nitrogen and oxygen atoms in total. The third-order valence-corrected chi connectivity index (χ3v) is 4.83. The van der Waals surface area contributed by atoms with E-state index in [0.29, 0.717) is 19.2 Å². The summed E-state index contributed by atoms with van der Waals surface area (Å²) in [6.07, 6.45) is 6.33. The number of carbonyl (C=O) groups excluding carboxylic acids is 1. The Morgan fingerprint density at radius 1 is 1.09 bits per heavy atom. The van der Waals surface area contributed by atoms with Gasteiger partial charge in [-0.15, -0.1) is 0 Å². The number of carbonyl (C=O) groups is 1. The van der Waals surface area contributed by atoms with Crippen molar-refractivity contribution in [1.82, 2.24) is 4.90 Å². The second kappa shape index (κ2) is 7.24. The van der Waals surface area contributed by atoms with E-state index in [2.05, 4.69) is 26.0 Å². The molecule has 3 rings (SSSR count). The number of amides is 1. The fraction of sp³-hybridized carbons (Fsp3) is 0.632. The van der Waals surface area contributed by atoms with Crippen molar-refractivity contribution in [3.8, 4) is 11.5 Å². The van der Waals surface area contributed by atoms with E-state index in [4.69, 9.17) is 9.47 Å². The highest BCUT2D eigenvalue weighted by molar-refractivity contribution is 5.80. The SMILES string of the molecule is CCCCCC1Cc2cc3c(cc2CN(CCC)C1=O)OCO3. The average molecular weight is 317 g/mol. The summed E-state index contributed by atoms with van der Waals surface area (Å²) in [7, 11) is 0. The van der Waals surface area contributed by atoms with Crippen molar-refractivity contribution in [3.63, 3.8) is 0 Å². The first-order valence-corrected chi connectivity index (χ1v) is 8.93. The zero-order valence-electron chi connectivity index (χ0n) is 14.3. The van der Waals surface area contributed by atoms with Crippen LogP contribution in [-0.2, 0) is 17.8 Å². The highest BCUT2D eigenvalue weighted by atomic mass is 16.7. The molecule has 0 saturated carbocycles. The second-order valence-corrected chi connectivity index (χ2v) is 6.63. The van der Waals surface area contributed by atoms with Gasteiger partial charge in [-0.2, -0.15) is 0 Å². The standard InChI is InChI=1S/C19H27NO3/c1-3-5-6-7-14-9-15-10-17-18(23-13-22-17)11-16(15)12-20(8-4-2)19(14)21/h10-11,14H,3-9,12-13H2,1-2H3. The molecule has 0 radical (unpaired) electrons. The van der Waals surface area contributed by atoms with Gasteiger partial charge in [-0.1, -0.05) is 33.1 Å². The number of nitrogens with zero attached hydrogens (tertiary/aromatic N) is 1. The Bertz CT molecular complexity index is 570. The lowest BCUT2D eigenvalue weighted by atomic mass is 9.92. The summed E-state index contributed by atoms with van der Waals surface area (Å²) in [6.45, 7) is 6.16. The summed E-state index contributed by atoms with van der Waals surface area (Å²) in [4.78, 5) is 14.9. The molecule has 2 heterocycles. The molecular formula is C19H27NO3. The van der Waals surface area contributed by atoms with Gasteiger partial charge in [-0.05, 0) is 42.5 Å². The lowest BCUT2D eigenvalue weighted by Crippen LogP contribution is -2.35. The summed E-state index contributed by atoms with van der Waals surface area (Å²) in [5.74, 6) is 2.07. The van der Waals surface area contributed by atoms with Crippen molar-refractivity contribution in [1.29, 1.82) is 0 Å². The van der Waals surface area contributed by atoms with Gasteiger partial charge in [-0.3, -0.25) is 4.79 Å². The van der Waals surface area contributed by atoms with Gasteiger partial charge in [-0.25, -0.2) is 0 Å². The van der Waals surface area contributed by atoms with Crippen molar-refractivity contribution < 1.29 is 14.3 Å². The molecule has 0 aromatic heterocycles. The van der Waals surface area contributed by atoms with E-state index in [9.17, 15) is 4.79 Å². The van der Waals surface area contributed by atoms with E-state index in [1.165, 1.54) is 24.0 Å². The van der Waals surface area contributed by atoms with Crippen LogP contribution in [0, 0.1) is 5.92 Å². The van der Waals surface area contributed by atoms with Gasteiger partial charge in [0.15, 0.2) is 11.5 Å². The fourth-order valence-corrected chi connectivity index (χ4v) is 3.58. The molecule has 0 aliphatic carbocycles. The van der Waals surface area contributed by atoms with Gasteiger partial charge in [0.1, 0.15) is 0 Å². The maximum Gasteiger partial charge on any atom is 0.231 e. The number of rotatable bonds is 6. The van der Waals surface area contributed by atoms with Gasteiger partial charge in [0.2, 0.25) is 12.7 Å². The lowest BCUT2D eigenvalue weighted by molar-refractivity contribution is -0.136. The molecule has 1 aromatic rings. The molecule has 1 atom stereocenters. The first kappa shape index (κ1) is 16.2. The Morgan fingerprint density at radius 2 is 1.83 bits per heavy atom. The Balaban J connectivity index is 1.86. The fourth-order valence-electron chi connectivity index (χ4n) is 3.58. The monoisotopic (exact) mass is 317 g/mol. The van der Waals surface area contributed by atoms with Crippen LogP contribution in [0.25, 0.3) is 0 Å². The van der Waals surface area contributed by atoms with Gasteiger partial charge in [0.25, 0.3) is 0 Å². The zero-order valence-corrected chi connectivity index (χ0v) is 14.3. The number of benzene rings is 1. The summed E-state index contributed by atoms with van der Waals surface area (Å²) < 4.78 is 11.0. The zero-order chi connectivity index (χ0) is 16.2. The number of fused-ring (bicyclic) bond motifs is 2. The third kappa shape index (κ3) is 3.46. The molecule has 0 N–H and O–H groups in total. The van der Waals surface area contributed by atoms with Crippen molar-refractivity contribution in [2.24, 2.45) is 5.92 Å². The molecule has 1 amide bonds. The predicted octanol–water partition coefficient (Wildman–Crippen LogP) is 3.91. The van der Waals surface area contributed by atoms with E-state index in [-0.39, 0.29) is 5.92 Å². The molecule has 23 heavy (non-hydrogen) atoms. The number of hydrogen-bond acceptors (Lipinski definition) is 3. The molecule has 1 aromatic carbocycles. The first-order chi connectivity index (χ1) is 11.2. The molecule has 126 valence electrons. The van der Waals surface area contributed by atoms with E-state index >= 15 is 0 Å². The van der Waals surface area contributed by atoms with E-state index in [0.717, 1.165) is 43.7 Å². The molecule has 0 bridgehead atoms. The van der Waals surface area contributed by atoms with Gasteiger partial charge in [0.05, 0.1) is 0 Å². The first-order valence-electron chi connectivity index (χ1n) is 8.93. The Labute approximate surface area is 138 Å². The van der Waals surface area contributed by atoms with Crippen LogP contribution < -0.4 is 9.47 Å². The number of unbranched alkanes of at least 4 members (excludes halogenated alkanes) is 2. The van der Waals surface area contributed by atoms with Crippen molar-refractivity contribution in [2.75, 3.05) is 13.3 Å².